The topological polar surface area (TPSA) is 17.4 Å². The number of pyridine rings is 1. The van der Waals surface area contributed by atoms with Crippen molar-refractivity contribution in [2.75, 3.05) is 11.4 Å². The fourth-order valence-corrected chi connectivity index (χ4v) is 2.99. The maximum absolute atomic E-state index is 3.55. The van der Waals surface area contributed by atoms with Crippen LogP contribution in [-0.2, 0) is 13.0 Å². The van der Waals surface area contributed by atoms with E-state index in [4.69, 9.17) is 0 Å². The molecule has 98 valence electrons. The number of hydrogen-bond acceptors (Lipinski definition) is 1. The van der Waals surface area contributed by atoms with E-state index in [1.54, 1.807) is 0 Å². The highest BCUT2D eigenvalue weighted by Gasteiger charge is 2.22. The Balaban J connectivity index is 1.70. The van der Waals surface area contributed by atoms with Crippen LogP contribution in [0.25, 0.3) is 10.9 Å². The predicted molar refractivity (Wildman–Crippen MR) is 81.7 cm³/mol. The van der Waals surface area contributed by atoms with E-state index in [0.29, 0.717) is 0 Å². The zero-order valence-electron chi connectivity index (χ0n) is 11.3. The van der Waals surface area contributed by atoms with Crippen LogP contribution in [-0.4, -0.2) is 6.54 Å². The summed E-state index contributed by atoms with van der Waals surface area (Å²) in [7, 11) is 0. The third kappa shape index (κ3) is 1.94. The molecule has 2 heteroatoms. The first-order chi connectivity index (χ1) is 9.90. The Kier molecular flexibility index (Phi) is 2.66. The molecule has 0 saturated carbocycles. The van der Waals surface area contributed by atoms with E-state index in [-0.39, 0.29) is 0 Å². The number of para-hydroxylation sites is 1. The molecule has 4 rings (SSSR count). The Hall–Kier alpha value is -2.35. The summed E-state index contributed by atoms with van der Waals surface area (Å²) in [5.74, 6) is 1.21. The molecule has 20 heavy (non-hydrogen) atoms. The number of rotatable bonds is 1. The average molecular weight is 261 g/mol. The Morgan fingerprint density at radius 3 is 2.55 bits per heavy atom. The zero-order chi connectivity index (χ0) is 13.4. The smallest absolute Gasteiger partial charge is 0.257 e. The quantitative estimate of drug-likeness (QED) is 0.657. The molecule has 0 radical (unpaired) electrons. The van der Waals surface area contributed by atoms with Crippen molar-refractivity contribution in [3.8, 4) is 0 Å². The molecular formula is C18H17N2+. The molecule has 0 saturated heterocycles. The number of benzene rings is 2. The lowest BCUT2D eigenvalue weighted by Gasteiger charge is -2.23. The molecule has 0 spiro atoms. The van der Waals surface area contributed by atoms with Gasteiger partial charge in [0.2, 0.25) is 0 Å². The van der Waals surface area contributed by atoms with Gasteiger partial charge in [0.15, 0.2) is 0 Å². The molecule has 0 unspecified atom stereocenters. The summed E-state index contributed by atoms with van der Waals surface area (Å²) in [6.07, 6.45) is 1.12. The van der Waals surface area contributed by atoms with E-state index in [1.807, 2.05) is 0 Å². The molecule has 2 aromatic carbocycles. The van der Waals surface area contributed by atoms with Crippen LogP contribution in [0.3, 0.4) is 0 Å². The molecule has 1 N–H and O–H groups in total. The number of nitrogens with zero attached hydrogens (tertiary/aromatic N) is 1. The molecule has 2 heterocycles. The maximum Gasteiger partial charge on any atom is 0.275 e. The van der Waals surface area contributed by atoms with Gasteiger partial charge in [-0.05, 0) is 23.3 Å². The van der Waals surface area contributed by atoms with E-state index in [2.05, 4.69) is 70.5 Å². The van der Waals surface area contributed by atoms with Gasteiger partial charge in [0, 0.05) is 17.9 Å². The van der Waals surface area contributed by atoms with Crippen molar-refractivity contribution in [3.05, 3.63) is 71.8 Å². The molecule has 0 bridgehead atoms. The summed E-state index contributed by atoms with van der Waals surface area (Å²) in [6, 6.07) is 21.6. The van der Waals surface area contributed by atoms with E-state index >= 15 is 0 Å². The molecule has 0 amide bonds. The lowest BCUT2D eigenvalue weighted by atomic mass is 10.00. The summed E-state index contributed by atoms with van der Waals surface area (Å²) in [5, 5.41) is 1.26. The van der Waals surface area contributed by atoms with Gasteiger partial charge in [0.1, 0.15) is 12.1 Å². The third-order valence-electron chi connectivity index (χ3n) is 4.12. The molecular weight excluding hydrogens is 244 g/mol. The third-order valence-corrected chi connectivity index (χ3v) is 4.12. The summed E-state index contributed by atoms with van der Waals surface area (Å²) in [5.41, 5.74) is 4.13. The van der Waals surface area contributed by atoms with Gasteiger partial charge in [-0.25, -0.2) is 4.98 Å². The fourth-order valence-electron chi connectivity index (χ4n) is 2.99. The highest BCUT2D eigenvalue weighted by molar-refractivity contribution is 5.76. The van der Waals surface area contributed by atoms with Gasteiger partial charge in [-0.2, -0.15) is 0 Å². The molecule has 0 fully saturated rings. The van der Waals surface area contributed by atoms with Crippen molar-refractivity contribution in [1.29, 1.82) is 0 Å². The van der Waals surface area contributed by atoms with E-state index in [0.717, 1.165) is 19.5 Å². The lowest BCUT2D eigenvalue weighted by molar-refractivity contribution is -0.330. The Morgan fingerprint density at radius 1 is 0.800 bits per heavy atom. The number of hydrogen-bond donors (Lipinski definition) is 0. The Bertz CT molecular complexity index is 764. The second-order valence-corrected chi connectivity index (χ2v) is 5.37. The fraction of sp³-hybridized carbons (Fsp3) is 0.167. The van der Waals surface area contributed by atoms with Crippen LogP contribution in [0.4, 0.5) is 5.82 Å². The molecule has 1 aliphatic heterocycles. The SMILES string of the molecule is c1ccc2c(c1)CCN(c1ccc3ccccc3[nH+]1)C2. The van der Waals surface area contributed by atoms with Crippen molar-refractivity contribution in [2.24, 2.45) is 0 Å². The number of nitrogens with one attached hydrogen (secondary N) is 1. The minimum atomic E-state index is 0.991. The van der Waals surface area contributed by atoms with Crippen molar-refractivity contribution >= 4 is 16.7 Å². The summed E-state index contributed by atoms with van der Waals surface area (Å²) < 4.78 is 0. The molecule has 2 nitrogen and oxygen atoms in total. The highest BCUT2D eigenvalue weighted by Crippen LogP contribution is 2.22. The summed E-state index contributed by atoms with van der Waals surface area (Å²) in [6.45, 7) is 2.07. The van der Waals surface area contributed by atoms with E-state index in [1.165, 1.54) is 27.8 Å². The number of aromatic amines is 1. The van der Waals surface area contributed by atoms with Crippen LogP contribution in [0.5, 0.6) is 0 Å². The number of aromatic nitrogens is 1. The van der Waals surface area contributed by atoms with Crippen LogP contribution in [0.2, 0.25) is 0 Å². The van der Waals surface area contributed by atoms with Crippen LogP contribution in [0.15, 0.2) is 60.7 Å². The monoisotopic (exact) mass is 261 g/mol. The van der Waals surface area contributed by atoms with E-state index in [9.17, 15) is 0 Å². The van der Waals surface area contributed by atoms with Crippen molar-refractivity contribution in [2.45, 2.75) is 13.0 Å². The minimum Gasteiger partial charge on any atom is -0.257 e. The van der Waals surface area contributed by atoms with Crippen LogP contribution < -0.4 is 9.88 Å². The molecule has 1 aromatic heterocycles. The molecule has 0 atom stereocenters. The van der Waals surface area contributed by atoms with Gasteiger partial charge in [0.05, 0.1) is 6.54 Å². The van der Waals surface area contributed by atoms with E-state index < -0.39 is 0 Å². The minimum absolute atomic E-state index is 0.991. The Labute approximate surface area is 118 Å². The molecule has 1 aliphatic rings. The Morgan fingerprint density at radius 2 is 1.60 bits per heavy atom. The van der Waals surface area contributed by atoms with Crippen LogP contribution in [0, 0.1) is 0 Å². The standard InChI is InChI=1S/C18H16N2/c1-2-7-16-13-20(12-11-14(16)5-1)18-10-9-15-6-3-4-8-17(15)19-18/h1-10H,11-13H2/p+1. The van der Waals surface area contributed by atoms with Gasteiger partial charge in [0.25, 0.3) is 5.82 Å². The molecule has 3 aromatic rings. The first-order valence-electron chi connectivity index (χ1n) is 7.13. The van der Waals surface area contributed by atoms with Gasteiger partial charge >= 0.3 is 0 Å². The number of anilines is 1. The normalized spacial score (nSPS) is 14.3. The van der Waals surface area contributed by atoms with Crippen molar-refractivity contribution < 1.29 is 4.98 Å². The van der Waals surface area contributed by atoms with Crippen molar-refractivity contribution in [1.82, 2.24) is 0 Å². The van der Waals surface area contributed by atoms with Gasteiger partial charge in [-0.1, -0.05) is 42.5 Å². The second-order valence-electron chi connectivity index (χ2n) is 5.37. The maximum atomic E-state index is 3.55. The number of fused-ring (bicyclic) bond motifs is 2. The van der Waals surface area contributed by atoms with Gasteiger partial charge < -0.3 is 0 Å². The zero-order valence-corrected chi connectivity index (χ0v) is 11.3. The summed E-state index contributed by atoms with van der Waals surface area (Å²) >= 11 is 0. The van der Waals surface area contributed by atoms with Crippen LogP contribution >= 0.6 is 0 Å². The van der Waals surface area contributed by atoms with Gasteiger partial charge in [-0.3, -0.25) is 4.90 Å². The highest BCUT2D eigenvalue weighted by atomic mass is 15.2. The largest absolute Gasteiger partial charge is 0.275 e. The number of H-pyrrole nitrogens is 1. The first kappa shape index (κ1) is 11.5. The van der Waals surface area contributed by atoms with Gasteiger partial charge in [-0.15, -0.1) is 0 Å². The average Bonchev–Trinajstić information content (AvgIpc) is 2.54. The predicted octanol–water partition coefficient (Wildman–Crippen LogP) is 3.22. The second kappa shape index (κ2) is 4.64. The lowest BCUT2D eigenvalue weighted by Crippen LogP contribution is -2.34. The van der Waals surface area contributed by atoms with Crippen LogP contribution in [0.1, 0.15) is 11.1 Å². The van der Waals surface area contributed by atoms with Crippen molar-refractivity contribution in [3.63, 3.8) is 0 Å². The molecule has 0 aliphatic carbocycles. The summed E-state index contributed by atoms with van der Waals surface area (Å²) in [4.78, 5) is 5.98. The first-order valence-corrected chi connectivity index (χ1v) is 7.13.